The van der Waals surface area contributed by atoms with Gasteiger partial charge in [-0.3, -0.25) is 4.99 Å². The molecule has 0 bridgehead atoms. The zero-order valence-electron chi connectivity index (χ0n) is 25.3. The number of benzene rings is 7. The minimum absolute atomic E-state index is 0.495. The lowest BCUT2D eigenvalue weighted by Crippen LogP contribution is -2.06. The molecule has 0 aromatic heterocycles. The molecule has 7 rings (SSSR count). The van der Waals surface area contributed by atoms with E-state index in [-0.39, 0.29) is 0 Å². The van der Waals surface area contributed by atoms with Crippen LogP contribution in [0.15, 0.2) is 161 Å². The summed E-state index contributed by atoms with van der Waals surface area (Å²) in [6.07, 6.45) is 1.03. The molecule has 3 heteroatoms. The van der Waals surface area contributed by atoms with Crippen molar-refractivity contribution in [2.45, 2.75) is 19.9 Å². The molecule has 0 unspecified atom stereocenters. The van der Waals surface area contributed by atoms with Gasteiger partial charge in [-0.25, -0.2) is 9.98 Å². The molecule has 0 spiro atoms. The second-order valence-electron chi connectivity index (χ2n) is 11.3. The fraction of sp³-hybridized carbons (Fsp3) is 0.0714. The molecule has 45 heavy (non-hydrogen) atoms. The van der Waals surface area contributed by atoms with Gasteiger partial charge >= 0.3 is 0 Å². The predicted octanol–water partition coefficient (Wildman–Crippen LogP) is 10.5. The van der Waals surface area contributed by atoms with Crippen LogP contribution >= 0.6 is 0 Å². The summed E-state index contributed by atoms with van der Waals surface area (Å²) < 4.78 is 0. The Hall–Kier alpha value is -5.67. The number of hydrogen-bond acceptors (Lipinski definition) is 1. The first-order valence-electron chi connectivity index (χ1n) is 15.4. The van der Waals surface area contributed by atoms with Gasteiger partial charge in [0.1, 0.15) is 0 Å². The molecule has 0 N–H and O–H groups in total. The molecule has 7 aromatic carbocycles. The largest absolute Gasteiger partial charge is 0.261 e. The van der Waals surface area contributed by atoms with E-state index in [9.17, 15) is 0 Å². The zero-order chi connectivity index (χ0) is 30.6. The summed E-state index contributed by atoms with van der Waals surface area (Å²) >= 11 is 0. The van der Waals surface area contributed by atoms with Gasteiger partial charge in [0.05, 0.1) is 6.54 Å². The molecule has 7 aromatic rings. The normalized spacial score (nSPS) is 12.2. The average Bonchev–Trinajstić information content (AvgIpc) is 3.11. The van der Waals surface area contributed by atoms with Gasteiger partial charge < -0.3 is 0 Å². The topological polar surface area (TPSA) is 37.1 Å². The third kappa shape index (κ3) is 5.93. The zero-order valence-corrected chi connectivity index (χ0v) is 25.3. The first-order chi connectivity index (χ1) is 22.2. The van der Waals surface area contributed by atoms with E-state index in [0.717, 1.165) is 39.3 Å². The average molecular weight is 580 g/mol. The molecule has 3 nitrogen and oxygen atoms in total. The van der Waals surface area contributed by atoms with Gasteiger partial charge in [-0.1, -0.05) is 134 Å². The van der Waals surface area contributed by atoms with Crippen LogP contribution in [0.2, 0.25) is 0 Å². The van der Waals surface area contributed by atoms with Crippen LogP contribution in [0.4, 0.5) is 0 Å². The maximum absolute atomic E-state index is 5.11. The summed E-state index contributed by atoms with van der Waals surface area (Å²) in [5.74, 6) is 1.18. The molecule has 0 saturated heterocycles. The lowest BCUT2D eigenvalue weighted by atomic mass is 9.99. The molecule has 0 heterocycles. The van der Waals surface area contributed by atoms with Gasteiger partial charge in [-0.05, 0) is 85.9 Å². The summed E-state index contributed by atoms with van der Waals surface area (Å²) in [5.41, 5.74) is 6.74. The van der Waals surface area contributed by atoms with Crippen LogP contribution in [0.25, 0.3) is 43.4 Å². The van der Waals surface area contributed by atoms with E-state index in [1.807, 2.05) is 30.3 Å². The minimum atomic E-state index is 0.495. The molecular weight excluding hydrogens is 546 g/mol. The van der Waals surface area contributed by atoms with Gasteiger partial charge in [0, 0.05) is 11.1 Å². The van der Waals surface area contributed by atoms with Crippen LogP contribution in [0.1, 0.15) is 29.2 Å². The van der Waals surface area contributed by atoms with Crippen molar-refractivity contribution in [3.8, 4) is 11.1 Å². The maximum atomic E-state index is 5.11. The fourth-order valence-electron chi connectivity index (χ4n) is 5.92. The molecule has 0 atom stereocenters. The van der Waals surface area contributed by atoms with Crippen LogP contribution in [-0.4, -0.2) is 18.4 Å². The molecule has 0 aliphatic carbocycles. The van der Waals surface area contributed by atoms with Crippen molar-refractivity contribution in [2.24, 2.45) is 15.0 Å². The molecule has 0 aliphatic heterocycles. The van der Waals surface area contributed by atoms with Gasteiger partial charge in [0.2, 0.25) is 0 Å². The Labute approximate surface area is 264 Å². The molecular formula is C42H33N3. The number of aryl methyl sites for hydroxylation is 1. The third-order valence-electron chi connectivity index (χ3n) is 8.39. The Kier molecular flexibility index (Phi) is 7.82. The Morgan fingerprint density at radius 1 is 0.533 bits per heavy atom. The summed E-state index contributed by atoms with van der Waals surface area (Å²) in [4.78, 5) is 14.6. The van der Waals surface area contributed by atoms with E-state index in [2.05, 4.69) is 134 Å². The minimum Gasteiger partial charge on any atom is -0.261 e. The summed E-state index contributed by atoms with van der Waals surface area (Å²) in [6.45, 7) is 6.59. The van der Waals surface area contributed by atoms with Crippen molar-refractivity contribution >= 4 is 50.7 Å². The quantitative estimate of drug-likeness (QED) is 0.139. The highest BCUT2D eigenvalue weighted by atomic mass is 15.0. The van der Waals surface area contributed by atoms with Gasteiger partial charge in [0.25, 0.3) is 0 Å². The highest BCUT2D eigenvalue weighted by molar-refractivity contribution is 6.18. The van der Waals surface area contributed by atoms with E-state index < -0.39 is 0 Å². The molecule has 0 amide bonds. The molecule has 0 aliphatic rings. The van der Waals surface area contributed by atoms with Crippen LogP contribution in [0, 0.1) is 0 Å². The Morgan fingerprint density at radius 2 is 1.20 bits per heavy atom. The standard InChI is InChI=1S/C42H33N3/c1-3-29-16-18-34-25-30(17-19-33(34)24-29)28-44-41(45-42(43-2)40-15-9-13-32-12-7-8-14-39(32)40)38-23-22-36-26-35(20-21-37(36)27-38)31-10-5-4-6-11-31/h4-27H,2-3,28H2,1H3. The number of hydrogen-bond donors (Lipinski definition) is 0. The van der Waals surface area contributed by atoms with E-state index in [1.54, 1.807) is 0 Å². The molecule has 0 fully saturated rings. The number of nitrogens with zero attached hydrogens (tertiary/aromatic N) is 3. The highest BCUT2D eigenvalue weighted by Gasteiger charge is 2.11. The van der Waals surface area contributed by atoms with Gasteiger partial charge in [0.15, 0.2) is 11.7 Å². The maximum Gasteiger partial charge on any atom is 0.161 e. The van der Waals surface area contributed by atoms with Crippen molar-refractivity contribution in [1.82, 2.24) is 0 Å². The SMILES string of the molecule is C=NC(=NC(=NCc1ccc2cc(CC)ccc2c1)c1ccc2cc(-c3ccccc3)ccc2c1)c1cccc2ccccc12. The van der Waals surface area contributed by atoms with E-state index >= 15 is 0 Å². The third-order valence-corrected chi connectivity index (χ3v) is 8.39. The predicted molar refractivity (Wildman–Crippen MR) is 193 cm³/mol. The highest BCUT2D eigenvalue weighted by Crippen LogP contribution is 2.27. The summed E-state index contributed by atoms with van der Waals surface area (Å²) in [6, 6.07) is 51.2. The van der Waals surface area contributed by atoms with Crippen LogP contribution in [0.5, 0.6) is 0 Å². The lowest BCUT2D eigenvalue weighted by Gasteiger charge is -2.10. The first kappa shape index (κ1) is 28.1. The summed E-state index contributed by atoms with van der Waals surface area (Å²) in [7, 11) is 0. The second kappa shape index (κ2) is 12.5. The number of amidine groups is 2. The van der Waals surface area contributed by atoms with Crippen molar-refractivity contribution in [2.75, 3.05) is 0 Å². The second-order valence-corrected chi connectivity index (χ2v) is 11.3. The Bertz CT molecular complexity index is 2240. The van der Waals surface area contributed by atoms with E-state index in [0.29, 0.717) is 18.2 Å². The first-order valence-corrected chi connectivity index (χ1v) is 15.4. The summed E-state index contributed by atoms with van der Waals surface area (Å²) in [5, 5.41) is 6.98. The Morgan fingerprint density at radius 3 is 2.02 bits per heavy atom. The number of rotatable bonds is 6. The van der Waals surface area contributed by atoms with Gasteiger partial charge in [-0.2, -0.15) is 0 Å². The smallest absolute Gasteiger partial charge is 0.161 e. The van der Waals surface area contributed by atoms with Crippen LogP contribution in [-0.2, 0) is 13.0 Å². The van der Waals surface area contributed by atoms with E-state index in [1.165, 1.54) is 32.8 Å². The van der Waals surface area contributed by atoms with Crippen LogP contribution in [0.3, 0.4) is 0 Å². The van der Waals surface area contributed by atoms with Crippen molar-refractivity contribution in [1.29, 1.82) is 0 Å². The van der Waals surface area contributed by atoms with Crippen molar-refractivity contribution in [3.05, 3.63) is 168 Å². The Balaban J connectivity index is 1.32. The van der Waals surface area contributed by atoms with Crippen molar-refractivity contribution < 1.29 is 0 Å². The molecule has 216 valence electrons. The molecule has 0 radical (unpaired) electrons. The molecule has 0 saturated carbocycles. The van der Waals surface area contributed by atoms with Crippen LogP contribution < -0.4 is 0 Å². The van der Waals surface area contributed by atoms with E-state index in [4.69, 9.17) is 9.98 Å². The number of aliphatic imine (C=N–C) groups is 3. The monoisotopic (exact) mass is 579 g/mol. The lowest BCUT2D eigenvalue weighted by molar-refractivity contribution is 1.06. The van der Waals surface area contributed by atoms with Gasteiger partial charge in [-0.15, -0.1) is 0 Å². The fourth-order valence-corrected chi connectivity index (χ4v) is 5.92. The number of fused-ring (bicyclic) bond motifs is 3. The van der Waals surface area contributed by atoms with Crippen molar-refractivity contribution in [3.63, 3.8) is 0 Å².